The number of rotatable bonds is 3. The fourth-order valence-corrected chi connectivity index (χ4v) is 2.08. The molecule has 0 heterocycles. The van der Waals surface area contributed by atoms with Crippen molar-refractivity contribution in [3.05, 3.63) is 70.8 Å². The zero-order chi connectivity index (χ0) is 15.5. The molecular weight excluding hydrogens is 282 g/mol. The molecule has 0 radical (unpaired) electrons. The van der Waals surface area contributed by atoms with Gasteiger partial charge in [0.25, 0.3) is 5.69 Å². The number of phenols is 1. The third-order valence-electron chi connectivity index (χ3n) is 3.21. The first-order valence-electron chi connectivity index (χ1n) is 6.52. The van der Waals surface area contributed by atoms with Crippen molar-refractivity contribution >= 4 is 27.8 Å². The topological polar surface area (TPSA) is 88.1 Å². The minimum Gasteiger partial charge on any atom is -0.505 e. The van der Waals surface area contributed by atoms with E-state index in [9.17, 15) is 15.2 Å². The van der Waals surface area contributed by atoms with E-state index in [0.29, 0.717) is 16.8 Å². The van der Waals surface area contributed by atoms with Crippen LogP contribution >= 0.6 is 0 Å². The molecule has 3 rings (SSSR count). The zero-order valence-corrected chi connectivity index (χ0v) is 11.4. The molecule has 1 N–H and O–H groups in total. The van der Waals surface area contributed by atoms with Crippen molar-refractivity contribution in [1.82, 2.24) is 0 Å². The number of non-ortho nitro benzene ring substituents is 1. The number of hydrogen-bond donors (Lipinski definition) is 1. The minimum absolute atomic E-state index is 0.00694. The monoisotopic (exact) mass is 293 g/mol. The molecule has 3 aromatic carbocycles. The van der Waals surface area contributed by atoms with Gasteiger partial charge in [0.05, 0.1) is 10.6 Å². The minimum atomic E-state index is -0.476. The molecule has 22 heavy (non-hydrogen) atoms. The quantitative estimate of drug-likeness (QED) is 0.424. The van der Waals surface area contributed by atoms with E-state index in [0.717, 1.165) is 5.39 Å². The van der Waals surface area contributed by atoms with Gasteiger partial charge in [0.2, 0.25) is 0 Å². The van der Waals surface area contributed by atoms with Crippen LogP contribution in [0.1, 0.15) is 0 Å². The van der Waals surface area contributed by atoms with Crippen molar-refractivity contribution in [2.24, 2.45) is 10.2 Å². The van der Waals surface area contributed by atoms with Crippen LogP contribution in [0.5, 0.6) is 5.75 Å². The maximum absolute atomic E-state index is 10.6. The second kappa shape index (κ2) is 5.61. The predicted molar refractivity (Wildman–Crippen MR) is 82.9 cm³/mol. The summed E-state index contributed by atoms with van der Waals surface area (Å²) in [6, 6.07) is 16.6. The van der Waals surface area contributed by atoms with Crippen LogP contribution < -0.4 is 0 Å². The number of nitro groups is 1. The van der Waals surface area contributed by atoms with Gasteiger partial charge in [0.15, 0.2) is 5.75 Å². The van der Waals surface area contributed by atoms with Crippen LogP contribution in [0.4, 0.5) is 17.1 Å². The third-order valence-corrected chi connectivity index (χ3v) is 3.21. The number of benzene rings is 3. The molecule has 0 unspecified atom stereocenters. The highest BCUT2D eigenvalue weighted by Gasteiger charge is 2.06. The molecule has 0 saturated carbocycles. The molecule has 0 spiro atoms. The van der Waals surface area contributed by atoms with Gasteiger partial charge in [-0.3, -0.25) is 10.1 Å². The Hall–Kier alpha value is -3.28. The lowest BCUT2D eigenvalue weighted by Gasteiger charge is -2.03. The zero-order valence-electron chi connectivity index (χ0n) is 11.4. The van der Waals surface area contributed by atoms with Gasteiger partial charge < -0.3 is 5.11 Å². The van der Waals surface area contributed by atoms with Crippen molar-refractivity contribution < 1.29 is 10.0 Å². The summed E-state index contributed by atoms with van der Waals surface area (Å²) in [5, 5.41) is 30.4. The lowest BCUT2D eigenvalue weighted by molar-refractivity contribution is -0.384. The lowest BCUT2D eigenvalue weighted by Crippen LogP contribution is -1.85. The van der Waals surface area contributed by atoms with E-state index in [2.05, 4.69) is 10.2 Å². The summed E-state index contributed by atoms with van der Waals surface area (Å²) in [4.78, 5) is 10.1. The Morgan fingerprint density at radius 1 is 0.909 bits per heavy atom. The Balaban J connectivity index is 1.92. The van der Waals surface area contributed by atoms with Gasteiger partial charge in [-0.15, -0.1) is 5.11 Å². The second-order valence-electron chi connectivity index (χ2n) is 4.63. The summed E-state index contributed by atoms with van der Waals surface area (Å²) in [6.45, 7) is 0. The van der Waals surface area contributed by atoms with E-state index in [1.54, 1.807) is 12.1 Å². The predicted octanol–water partition coefficient (Wildman–Crippen LogP) is 4.87. The molecular formula is C16H11N3O3. The van der Waals surface area contributed by atoms with E-state index < -0.39 is 4.92 Å². The first-order chi connectivity index (χ1) is 10.6. The van der Waals surface area contributed by atoms with E-state index >= 15 is 0 Å². The van der Waals surface area contributed by atoms with E-state index in [-0.39, 0.29) is 11.4 Å². The fraction of sp³-hybridized carbons (Fsp3) is 0. The van der Waals surface area contributed by atoms with Crippen molar-refractivity contribution in [3.63, 3.8) is 0 Å². The molecule has 0 aromatic heterocycles. The standard InChI is InChI=1S/C16H11N3O3/c20-16-14-4-2-1-3-11(14)5-10-15(16)18-17-12-6-8-13(9-7-12)19(21)22/h1-10,20H/b18-17+. The average Bonchev–Trinajstić information content (AvgIpc) is 2.55. The SMILES string of the molecule is O=[N+]([O-])c1ccc(/N=N/c2ccc3ccccc3c2O)cc1. The highest BCUT2D eigenvalue weighted by atomic mass is 16.6. The second-order valence-corrected chi connectivity index (χ2v) is 4.63. The molecule has 0 fully saturated rings. The number of phenolic OH excluding ortho intramolecular Hbond substituents is 1. The van der Waals surface area contributed by atoms with Gasteiger partial charge in [0, 0.05) is 17.5 Å². The Morgan fingerprint density at radius 2 is 1.64 bits per heavy atom. The fourth-order valence-electron chi connectivity index (χ4n) is 2.08. The third kappa shape index (κ3) is 2.62. The van der Waals surface area contributed by atoms with E-state index in [1.807, 2.05) is 24.3 Å². The number of nitro benzene ring substituents is 1. The first-order valence-corrected chi connectivity index (χ1v) is 6.52. The molecule has 0 aliphatic carbocycles. The molecule has 0 bridgehead atoms. The van der Waals surface area contributed by atoms with Crippen molar-refractivity contribution in [3.8, 4) is 5.75 Å². The Kier molecular flexibility index (Phi) is 3.49. The number of azo groups is 1. The van der Waals surface area contributed by atoms with Gasteiger partial charge in [-0.25, -0.2) is 0 Å². The summed E-state index contributed by atoms with van der Waals surface area (Å²) in [5.74, 6) is 0.0590. The average molecular weight is 293 g/mol. The van der Waals surface area contributed by atoms with Gasteiger partial charge >= 0.3 is 0 Å². The number of aromatic hydroxyl groups is 1. The molecule has 0 saturated heterocycles. The number of fused-ring (bicyclic) bond motifs is 1. The van der Waals surface area contributed by atoms with Crippen LogP contribution in [0.25, 0.3) is 10.8 Å². The van der Waals surface area contributed by atoms with E-state index in [4.69, 9.17) is 0 Å². The highest BCUT2D eigenvalue weighted by Crippen LogP contribution is 2.35. The van der Waals surface area contributed by atoms with Crippen LogP contribution in [0.2, 0.25) is 0 Å². The van der Waals surface area contributed by atoms with Gasteiger partial charge in [-0.2, -0.15) is 5.11 Å². The Morgan fingerprint density at radius 3 is 2.36 bits per heavy atom. The number of nitrogens with zero attached hydrogens (tertiary/aromatic N) is 3. The molecule has 0 aliphatic rings. The summed E-state index contributed by atoms with van der Waals surface area (Å²) in [7, 11) is 0. The van der Waals surface area contributed by atoms with E-state index in [1.165, 1.54) is 24.3 Å². The maximum Gasteiger partial charge on any atom is 0.269 e. The smallest absolute Gasteiger partial charge is 0.269 e. The van der Waals surface area contributed by atoms with Gasteiger partial charge in [-0.05, 0) is 23.6 Å². The van der Waals surface area contributed by atoms with Crippen molar-refractivity contribution in [2.75, 3.05) is 0 Å². The molecule has 108 valence electrons. The molecule has 6 heteroatoms. The van der Waals surface area contributed by atoms with Gasteiger partial charge in [0.1, 0.15) is 5.69 Å². The Bertz CT molecular complexity index is 873. The molecule has 6 nitrogen and oxygen atoms in total. The molecule has 0 atom stereocenters. The van der Waals surface area contributed by atoms with Crippen LogP contribution in [0.15, 0.2) is 70.9 Å². The molecule has 3 aromatic rings. The van der Waals surface area contributed by atoms with Crippen LogP contribution in [0, 0.1) is 10.1 Å². The maximum atomic E-state index is 10.6. The van der Waals surface area contributed by atoms with Crippen LogP contribution in [0.3, 0.4) is 0 Å². The normalized spacial score (nSPS) is 11.1. The number of hydrogen-bond acceptors (Lipinski definition) is 5. The van der Waals surface area contributed by atoms with Crippen LogP contribution in [-0.4, -0.2) is 10.0 Å². The largest absolute Gasteiger partial charge is 0.505 e. The molecule has 0 amide bonds. The Labute approximate surface area is 125 Å². The first kappa shape index (κ1) is 13.7. The molecule has 0 aliphatic heterocycles. The van der Waals surface area contributed by atoms with Crippen molar-refractivity contribution in [2.45, 2.75) is 0 Å². The summed E-state index contributed by atoms with van der Waals surface area (Å²) < 4.78 is 0. The summed E-state index contributed by atoms with van der Waals surface area (Å²) in [5.41, 5.74) is 0.808. The summed E-state index contributed by atoms with van der Waals surface area (Å²) >= 11 is 0. The summed E-state index contributed by atoms with van der Waals surface area (Å²) in [6.07, 6.45) is 0. The van der Waals surface area contributed by atoms with Crippen LogP contribution in [-0.2, 0) is 0 Å². The lowest BCUT2D eigenvalue weighted by atomic mass is 10.1. The van der Waals surface area contributed by atoms with Crippen molar-refractivity contribution in [1.29, 1.82) is 0 Å². The highest BCUT2D eigenvalue weighted by molar-refractivity contribution is 5.92. The van der Waals surface area contributed by atoms with Gasteiger partial charge in [-0.1, -0.05) is 30.3 Å².